The van der Waals surface area contributed by atoms with Crippen LogP contribution in [-0.2, 0) is 22.4 Å². The second-order valence-electron chi connectivity index (χ2n) is 6.83. The number of anilines is 2. The first-order valence-corrected chi connectivity index (χ1v) is 9.13. The predicted molar refractivity (Wildman–Crippen MR) is 102 cm³/mol. The minimum atomic E-state index is -0.320. The van der Waals surface area contributed by atoms with E-state index in [9.17, 15) is 4.79 Å². The minimum absolute atomic E-state index is 0.0438. The summed E-state index contributed by atoms with van der Waals surface area (Å²) in [6.07, 6.45) is 1.51. The van der Waals surface area contributed by atoms with Crippen LogP contribution >= 0.6 is 0 Å². The van der Waals surface area contributed by atoms with E-state index in [1.165, 1.54) is 23.9 Å². The fraction of sp³-hybridized carbons (Fsp3) is 0.381. The zero-order valence-electron chi connectivity index (χ0n) is 15.1. The van der Waals surface area contributed by atoms with Crippen LogP contribution in [0.25, 0.3) is 0 Å². The highest BCUT2D eigenvalue weighted by Crippen LogP contribution is 2.34. The van der Waals surface area contributed by atoms with Crippen molar-refractivity contribution in [1.29, 1.82) is 0 Å². The molecule has 0 radical (unpaired) electrons. The number of fused-ring (bicyclic) bond motifs is 1. The number of methoxy groups -OCH3 is 1. The molecule has 0 aliphatic carbocycles. The lowest BCUT2D eigenvalue weighted by Gasteiger charge is -2.27. The third-order valence-electron chi connectivity index (χ3n) is 5.19. The molecule has 5 heteroatoms. The van der Waals surface area contributed by atoms with Crippen LogP contribution in [0.4, 0.5) is 16.2 Å². The lowest BCUT2D eigenvalue weighted by Crippen LogP contribution is -2.40. The Labute approximate surface area is 154 Å². The van der Waals surface area contributed by atoms with Crippen molar-refractivity contribution in [3.63, 3.8) is 0 Å². The molecule has 2 aromatic rings. The first-order valence-electron chi connectivity index (χ1n) is 9.13. The summed E-state index contributed by atoms with van der Waals surface area (Å²) in [5.41, 5.74) is 4.74. The Morgan fingerprint density at radius 3 is 2.85 bits per heavy atom. The molecule has 1 atom stereocenters. The van der Waals surface area contributed by atoms with Crippen LogP contribution in [0.5, 0.6) is 0 Å². The average Bonchev–Trinajstić information content (AvgIpc) is 3.33. The number of nitrogens with zero attached hydrogens (tertiary/aromatic N) is 2. The van der Waals surface area contributed by atoms with Gasteiger partial charge in [0, 0.05) is 31.1 Å². The van der Waals surface area contributed by atoms with Gasteiger partial charge in [0.05, 0.1) is 19.8 Å². The molecule has 0 spiro atoms. The third kappa shape index (κ3) is 3.27. The van der Waals surface area contributed by atoms with Crippen molar-refractivity contribution in [3.05, 3.63) is 59.7 Å². The molecule has 0 N–H and O–H groups in total. The fourth-order valence-electron chi connectivity index (χ4n) is 3.86. The van der Waals surface area contributed by atoms with Gasteiger partial charge in [0.15, 0.2) is 0 Å². The standard InChI is InChI=1S/C21H24N2O3/c1-25-21(24)23(19-10-12-26-15-19)18-7-8-20-17(13-18)9-11-22(20)14-16-5-3-2-4-6-16/h2-8,13,19H,9-12,14-15H2,1H3. The monoisotopic (exact) mass is 352 g/mol. The van der Waals surface area contributed by atoms with E-state index in [1.54, 1.807) is 4.90 Å². The molecule has 0 saturated carbocycles. The molecule has 26 heavy (non-hydrogen) atoms. The maximum atomic E-state index is 12.3. The van der Waals surface area contributed by atoms with Gasteiger partial charge in [-0.2, -0.15) is 0 Å². The van der Waals surface area contributed by atoms with Crippen LogP contribution in [0.1, 0.15) is 17.5 Å². The highest BCUT2D eigenvalue weighted by atomic mass is 16.5. The SMILES string of the molecule is COC(=O)N(c1ccc2c(c1)CCN2Cc1ccccc1)C1CCOC1. The summed E-state index contributed by atoms with van der Waals surface area (Å²) in [4.78, 5) is 16.5. The second kappa shape index (κ2) is 7.38. The minimum Gasteiger partial charge on any atom is -0.452 e. The fourth-order valence-corrected chi connectivity index (χ4v) is 3.86. The molecular weight excluding hydrogens is 328 g/mol. The quantitative estimate of drug-likeness (QED) is 0.843. The molecule has 2 heterocycles. The number of benzene rings is 2. The number of hydrogen-bond acceptors (Lipinski definition) is 4. The molecule has 0 bridgehead atoms. The Morgan fingerprint density at radius 2 is 2.12 bits per heavy atom. The maximum Gasteiger partial charge on any atom is 0.414 e. The van der Waals surface area contributed by atoms with E-state index in [1.807, 2.05) is 12.1 Å². The van der Waals surface area contributed by atoms with Crippen LogP contribution in [0, 0.1) is 0 Å². The topological polar surface area (TPSA) is 42.0 Å². The van der Waals surface area contributed by atoms with E-state index in [4.69, 9.17) is 9.47 Å². The molecule has 1 saturated heterocycles. The summed E-state index contributed by atoms with van der Waals surface area (Å²) in [5.74, 6) is 0. The first kappa shape index (κ1) is 16.9. The molecule has 5 nitrogen and oxygen atoms in total. The Balaban J connectivity index is 1.58. The number of carbonyl (C=O) groups excluding carboxylic acids is 1. The van der Waals surface area contributed by atoms with Crippen molar-refractivity contribution in [2.24, 2.45) is 0 Å². The van der Waals surface area contributed by atoms with Crippen LogP contribution in [-0.4, -0.2) is 39.0 Å². The molecule has 2 aliphatic rings. The molecule has 2 aromatic carbocycles. The molecule has 4 rings (SSSR count). The van der Waals surface area contributed by atoms with Crippen LogP contribution in [0.2, 0.25) is 0 Å². The lowest BCUT2D eigenvalue weighted by atomic mass is 10.1. The zero-order valence-corrected chi connectivity index (χ0v) is 15.1. The van der Waals surface area contributed by atoms with Gasteiger partial charge >= 0.3 is 6.09 Å². The summed E-state index contributed by atoms with van der Waals surface area (Å²) < 4.78 is 10.5. The third-order valence-corrected chi connectivity index (χ3v) is 5.19. The summed E-state index contributed by atoms with van der Waals surface area (Å²) in [5, 5.41) is 0. The summed E-state index contributed by atoms with van der Waals surface area (Å²) >= 11 is 0. The first-order chi connectivity index (χ1) is 12.8. The van der Waals surface area contributed by atoms with Gasteiger partial charge in [-0.15, -0.1) is 0 Å². The lowest BCUT2D eigenvalue weighted by molar-refractivity contribution is 0.169. The van der Waals surface area contributed by atoms with Crippen LogP contribution in [0.15, 0.2) is 48.5 Å². The zero-order chi connectivity index (χ0) is 17.9. The smallest absolute Gasteiger partial charge is 0.414 e. The molecule has 2 aliphatic heterocycles. The molecule has 1 amide bonds. The van der Waals surface area contributed by atoms with Crippen LogP contribution < -0.4 is 9.80 Å². The Hall–Kier alpha value is -2.53. The van der Waals surface area contributed by atoms with E-state index < -0.39 is 0 Å². The largest absolute Gasteiger partial charge is 0.452 e. The Morgan fingerprint density at radius 1 is 1.27 bits per heavy atom. The van der Waals surface area contributed by atoms with E-state index in [2.05, 4.69) is 41.3 Å². The summed E-state index contributed by atoms with van der Waals surface area (Å²) in [6.45, 7) is 3.16. The molecule has 0 aromatic heterocycles. The summed E-state index contributed by atoms with van der Waals surface area (Å²) in [6, 6.07) is 16.8. The van der Waals surface area contributed by atoms with Gasteiger partial charge in [-0.3, -0.25) is 4.90 Å². The van der Waals surface area contributed by atoms with E-state index in [0.717, 1.165) is 31.6 Å². The van der Waals surface area contributed by atoms with Gasteiger partial charge in [-0.05, 0) is 42.2 Å². The van der Waals surface area contributed by atoms with Gasteiger partial charge in [-0.25, -0.2) is 4.79 Å². The van der Waals surface area contributed by atoms with E-state index >= 15 is 0 Å². The Bertz CT molecular complexity index is 772. The second-order valence-corrected chi connectivity index (χ2v) is 6.83. The summed E-state index contributed by atoms with van der Waals surface area (Å²) in [7, 11) is 1.43. The van der Waals surface area contributed by atoms with Crippen molar-refractivity contribution >= 4 is 17.5 Å². The van der Waals surface area contributed by atoms with Crippen LogP contribution in [0.3, 0.4) is 0 Å². The van der Waals surface area contributed by atoms with Gasteiger partial charge < -0.3 is 14.4 Å². The van der Waals surface area contributed by atoms with Crippen molar-refractivity contribution in [2.45, 2.75) is 25.4 Å². The highest BCUT2D eigenvalue weighted by Gasteiger charge is 2.30. The number of ether oxygens (including phenoxy) is 2. The Kier molecular flexibility index (Phi) is 4.80. The molecule has 1 unspecified atom stereocenters. The van der Waals surface area contributed by atoms with Crippen molar-refractivity contribution in [2.75, 3.05) is 36.7 Å². The average molecular weight is 352 g/mol. The normalized spacial score (nSPS) is 18.7. The number of carbonyl (C=O) groups is 1. The van der Waals surface area contributed by atoms with Gasteiger partial charge in [0.1, 0.15) is 0 Å². The van der Waals surface area contributed by atoms with Gasteiger partial charge in [0.25, 0.3) is 0 Å². The number of amides is 1. The van der Waals surface area contributed by atoms with Crippen molar-refractivity contribution in [3.8, 4) is 0 Å². The molecule has 1 fully saturated rings. The van der Waals surface area contributed by atoms with Gasteiger partial charge in [-0.1, -0.05) is 30.3 Å². The van der Waals surface area contributed by atoms with Gasteiger partial charge in [0.2, 0.25) is 0 Å². The number of rotatable bonds is 4. The van der Waals surface area contributed by atoms with Crippen molar-refractivity contribution in [1.82, 2.24) is 0 Å². The predicted octanol–water partition coefficient (Wildman–Crippen LogP) is 3.61. The highest BCUT2D eigenvalue weighted by molar-refractivity contribution is 5.89. The van der Waals surface area contributed by atoms with Crippen molar-refractivity contribution < 1.29 is 14.3 Å². The molecular formula is C21H24N2O3. The van der Waals surface area contributed by atoms with E-state index in [0.29, 0.717) is 13.2 Å². The van der Waals surface area contributed by atoms with E-state index in [-0.39, 0.29) is 12.1 Å². The molecule has 136 valence electrons. The number of hydrogen-bond donors (Lipinski definition) is 0. The maximum absolute atomic E-state index is 12.3.